The summed E-state index contributed by atoms with van der Waals surface area (Å²) in [4.78, 5) is 11.9. The van der Waals surface area contributed by atoms with Crippen LogP contribution in [0.2, 0.25) is 0 Å². The number of hydrogen-bond donors (Lipinski definition) is 2. The smallest absolute Gasteiger partial charge is 0.237 e. The molecule has 3 N–H and O–H groups in total. The van der Waals surface area contributed by atoms with Crippen molar-refractivity contribution in [3.63, 3.8) is 0 Å². The number of carbonyl (C=O) groups excluding carboxylic acids is 1. The summed E-state index contributed by atoms with van der Waals surface area (Å²) >= 11 is 0. The minimum atomic E-state index is -0.403. The Bertz CT molecular complexity index is 273. The molecule has 1 amide bonds. The van der Waals surface area contributed by atoms with Gasteiger partial charge in [-0.3, -0.25) is 4.79 Å². The van der Waals surface area contributed by atoms with Gasteiger partial charge >= 0.3 is 0 Å². The Morgan fingerprint density at radius 2 is 1.82 bits per heavy atom. The van der Waals surface area contributed by atoms with Crippen molar-refractivity contribution < 1.29 is 4.79 Å². The molecule has 98 valence electrons. The van der Waals surface area contributed by atoms with E-state index in [4.69, 9.17) is 5.73 Å². The Morgan fingerprint density at radius 1 is 1.12 bits per heavy atom. The molecule has 0 aromatic heterocycles. The van der Waals surface area contributed by atoms with Crippen molar-refractivity contribution in [1.29, 1.82) is 0 Å². The van der Waals surface area contributed by atoms with Gasteiger partial charge in [-0.1, -0.05) is 32.6 Å². The predicted molar refractivity (Wildman–Crippen MR) is 69.6 cm³/mol. The number of primary amides is 1. The van der Waals surface area contributed by atoms with Crippen LogP contribution in [0.3, 0.4) is 0 Å². The summed E-state index contributed by atoms with van der Waals surface area (Å²) in [6.45, 7) is 2.28. The quantitative estimate of drug-likeness (QED) is 0.742. The fourth-order valence-electron chi connectivity index (χ4n) is 3.44. The van der Waals surface area contributed by atoms with Gasteiger partial charge < -0.3 is 11.1 Å². The average Bonchev–Trinajstić information content (AvgIpc) is 2.70. The van der Waals surface area contributed by atoms with E-state index in [0.717, 1.165) is 31.6 Å². The lowest BCUT2D eigenvalue weighted by atomic mass is 9.87. The van der Waals surface area contributed by atoms with E-state index in [2.05, 4.69) is 12.2 Å². The number of nitrogens with one attached hydrogen (secondary N) is 1. The molecule has 2 fully saturated rings. The molecule has 2 aliphatic rings. The van der Waals surface area contributed by atoms with E-state index in [1.807, 2.05) is 0 Å². The lowest BCUT2D eigenvalue weighted by Crippen LogP contribution is -2.58. The van der Waals surface area contributed by atoms with Gasteiger partial charge in [-0.25, -0.2) is 0 Å². The first kappa shape index (κ1) is 12.9. The molecule has 0 aromatic rings. The molecular weight excluding hydrogens is 212 g/mol. The van der Waals surface area contributed by atoms with Crippen molar-refractivity contribution in [3.05, 3.63) is 0 Å². The van der Waals surface area contributed by atoms with Gasteiger partial charge in [0.1, 0.15) is 0 Å². The van der Waals surface area contributed by atoms with Gasteiger partial charge in [-0.05, 0) is 38.0 Å². The summed E-state index contributed by atoms with van der Waals surface area (Å²) in [5.41, 5.74) is 5.29. The maximum atomic E-state index is 11.9. The summed E-state index contributed by atoms with van der Waals surface area (Å²) in [7, 11) is 0. The molecule has 2 atom stereocenters. The molecule has 0 spiro atoms. The molecule has 0 aromatic carbocycles. The summed E-state index contributed by atoms with van der Waals surface area (Å²) in [6, 6.07) is 0.524. The topological polar surface area (TPSA) is 55.1 Å². The second-order valence-electron chi connectivity index (χ2n) is 6.11. The SMILES string of the molecule is CC1CCCC(NC2CCCC2)(C(N)=O)CC1. The first-order chi connectivity index (χ1) is 8.12. The molecule has 2 unspecified atom stereocenters. The minimum Gasteiger partial charge on any atom is -0.368 e. The van der Waals surface area contributed by atoms with Crippen molar-refractivity contribution in [2.45, 2.75) is 76.3 Å². The monoisotopic (exact) mass is 238 g/mol. The zero-order chi connectivity index (χ0) is 12.3. The van der Waals surface area contributed by atoms with Gasteiger partial charge in [0.2, 0.25) is 5.91 Å². The molecule has 3 heteroatoms. The Kier molecular flexibility index (Phi) is 4.08. The fourth-order valence-corrected chi connectivity index (χ4v) is 3.44. The van der Waals surface area contributed by atoms with Crippen LogP contribution in [-0.2, 0) is 4.79 Å². The summed E-state index contributed by atoms with van der Waals surface area (Å²) in [5, 5.41) is 3.62. The van der Waals surface area contributed by atoms with E-state index in [1.54, 1.807) is 0 Å². The Balaban J connectivity index is 2.04. The third-order valence-corrected chi connectivity index (χ3v) is 4.67. The lowest BCUT2D eigenvalue weighted by molar-refractivity contribution is -0.125. The second kappa shape index (κ2) is 5.38. The Morgan fingerprint density at radius 3 is 2.47 bits per heavy atom. The van der Waals surface area contributed by atoms with Gasteiger partial charge in [-0.2, -0.15) is 0 Å². The predicted octanol–water partition coefficient (Wildman–Crippen LogP) is 2.34. The van der Waals surface area contributed by atoms with Gasteiger partial charge in [0, 0.05) is 6.04 Å². The van der Waals surface area contributed by atoms with Gasteiger partial charge in [0.15, 0.2) is 0 Å². The van der Waals surface area contributed by atoms with Gasteiger partial charge in [-0.15, -0.1) is 0 Å². The minimum absolute atomic E-state index is 0.126. The van der Waals surface area contributed by atoms with Crippen LogP contribution < -0.4 is 11.1 Å². The zero-order valence-electron chi connectivity index (χ0n) is 11.0. The highest BCUT2D eigenvalue weighted by Gasteiger charge is 2.39. The third kappa shape index (κ3) is 3.01. The van der Waals surface area contributed by atoms with Crippen LogP contribution in [0.25, 0.3) is 0 Å². The number of carbonyl (C=O) groups is 1. The molecule has 2 rings (SSSR count). The lowest BCUT2D eigenvalue weighted by Gasteiger charge is -2.34. The fraction of sp³-hybridized carbons (Fsp3) is 0.929. The van der Waals surface area contributed by atoms with E-state index in [0.29, 0.717) is 6.04 Å². The van der Waals surface area contributed by atoms with Crippen LogP contribution in [0.15, 0.2) is 0 Å². The molecule has 2 saturated carbocycles. The molecular formula is C14H26N2O. The zero-order valence-corrected chi connectivity index (χ0v) is 11.0. The molecule has 17 heavy (non-hydrogen) atoms. The van der Waals surface area contributed by atoms with Crippen LogP contribution in [0.5, 0.6) is 0 Å². The Labute approximate surface area is 105 Å². The maximum absolute atomic E-state index is 11.9. The molecule has 0 saturated heterocycles. The summed E-state index contributed by atoms with van der Waals surface area (Å²) in [5.74, 6) is 0.611. The van der Waals surface area contributed by atoms with E-state index >= 15 is 0 Å². The summed E-state index contributed by atoms with van der Waals surface area (Å²) in [6.07, 6.45) is 10.4. The highest BCUT2D eigenvalue weighted by atomic mass is 16.1. The summed E-state index contributed by atoms with van der Waals surface area (Å²) < 4.78 is 0. The van der Waals surface area contributed by atoms with Crippen molar-refractivity contribution in [2.75, 3.05) is 0 Å². The highest BCUT2D eigenvalue weighted by Crippen LogP contribution is 2.32. The molecule has 0 heterocycles. The normalized spacial score (nSPS) is 35.7. The molecule has 0 aliphatic heterocycles. The van der Waals surface area contributed by atoms with Crippen molar-refractivity contribution >= 4 is 5.91 Å². The van der Waals surface area contributed by atoms with E-state index in [-0.39, 0.29) is 5.91 Å². The molecule has 0 radical (unpaired) electrons. The first-order valence-corrected chi connectivity index (χ1v) is 7.20. The van der Waals surface area contributed by atoms with Crippen molar-refractivity contribution in [1.82, 2.24) is 5.32 Å². The molecule has 0 bridgehead atoms. The van der Waals surface area contributed by atoms with Gasteiger partial charge in [0.05, 0.1) is 5.54 Å². The van der Waals surface area contributed by atoms with Crippen LogP contribution >= 0.6 is 0 Å². The molecule has 3 nitrogen and oxygen atoms in total. The molecule has 2 aliphatic carbocycles. The van der Waals surface area contributed by atoms with Crippen molar-refractivity contribution in [3.8, 4) is 0 Å². The van der Waals surface area contributed by atoms with Gasteiger partial charge in [0.25, 0.3) is 0 Å². The largest absolute Gasteiger partial charge is 0.368 e. The number of rotatable bonds is 3. The second-order valence-corrected chi connectivity index (χ2v) is 6.11. The first-order valence-electron chi connectivity index (χ1n) is 7.20. The third-order valence-electron chi connectivity index (χ3n) is 4.67. The highest BCUT2D eigenvalue weighted by molar-refractivity contribution is 5.84. The maximum Gasteiger partial charge on any atom is 0.237 e. The van der Waals surface area contributed by atoms with Crippen LogP contribution in [0.4, 0.5) is 0 Å². The average molecular weight is 238 g/mol. The number of hydrogen-bond acceptors (Lipinski definition) is 2. The van der Waals surface area contributed by atoms with E-state index in [1.165, 1.54) is 32.1 Å². The van der Waals surface area contributed by atoms with Crippen molar-refractivity contribution in [2.24, 2.45) is 11.7 Å². The standard InChI is InChI=1S/C14H26N2O/c1-11-5-4-9-14(10-8-11,13(15)17)16-12-6-2-3-7-12/h11-12,16H,2-10H2,1H3,(H2,15,17). The van der Waals surface area contributed by atoms with Crippen LogP contribution in [0.1, 0.15) is 64.7 Å². The van der Waals surface area contributed by atoms with E-state index in [9.17, 15) is 4.79 Å². The number of nitrogens with two attached hydrogens (primary N) is 1. The van der Waals surface area contributed by atoms with E-state index < -0.39 is 5.54 Å². The number of amides is 1. The van der Waals surface area contributed by atoms with Crippen LogP contribution in [0, 0.1) is 5.92 Å². The Hall–Kier alpha value is -0.570. The van der Waals surface area contributed by atoms with Crippen LogP contribution in [-0.4, -0.2) is 17.5 Å².